The molecular weight excluding hydrogens is 342 g/mol. The van der Waals surface area contributed by atoms with Gasteiger partial charge in [-0.05, 0) is 42.0 Å². The molecule has 0 radical (unpaired) electrons. The van der Waals surface area contributed by atoms with Gasteiger partial charge in [-0.1, -0.05) is 32.9 Å². The van der Waals surface area contributed by atoms with Crippen molar-refractivity contribution in [2.24, 2.45) is 0 Å². The Bertz CT molecular complexity index is 810. The van der Waals surface area contributed by atoms with Crippen molar-refractivity contribution in [1.29, 1.82) is 0 Å². The lowest BCUT2D eigenvalue weighted by Gasteiger charge is -2.31. The van der Waals surface area contributed by atoms with Crippen LogP contribution in [0.2, 0.25) is 0 Å². The molecule has 2 heterocycles. The van der Waals surface area contributed by atoms with Crippen LogP contribution in [0.25, 0.3) is 0 Å². The van der Waals surface area contributed by atoms with Crippen molar-refractivity contribution in [3.8, 4) is 0 Å². The number of hydrogen-bond acceptors (Lipinski definition) is 3. The summed E-state index contributed by atoms with van der Waals surface area (Å²) < 4.78 is 0. The topological polar surface area (TPSA) is 86.3 Å². The molecular formula is C21H27N3O3. The lowest BCUT2D eigenvalue weighted by molar-refractivity contribution is -0.136. The molecule has 1 fully saturated rings. The van der Waals surface area contributed by atoms with Crippen LogP contribution < -0.4 is 0 Å². The Hall–Kier alpha value is -2.63. The van der Waals surface area contributed by atoms with Crippen molar-refractivity contribution < 1.29 is 14.7 Å². The van der Waals surface area contributed by atoms with Crippen LogP contribution in [0, 0.1) is 0 Å². The van der Waals surface area contributed by atoms with Gasteiger partial charge in [0.15, 0.2) is 0 Å². The maximum Gasteiger partial charge on any atom is 0.309 e. The Morgan fingerprint density at radius 2 is 1.81 bits per heavy atom. The van der Waals surface area contributed by atoms with Gasteiger partial charge in [-0.3, -0.25) is 14.7 Å². The number of H-pyrrole nitrogens is 1. The lowest BCUT2D eigenvalue weighted by Crippen LogP contribution is -2.38. The van der Waals surface area contributed by atoms with Crippen molar-refractivity contribution in [2.45, 2.75) is 51.4 Å². The zero-order valence-electron chi connectivity index (χ0n) is 16.2. The number of nitrogens with zero attached hydrogens (tertiary/aromatic N) is 2. The van der Waals surface area contributed by atoms with E-state index in [1.165, 1.54) is 5.56 Å². The molecule has 144 valence electrons. The van der Waals surface area contributed by atoms with Gasteiger partial charge in [-0.2, -0.15) is 5.10 Å². The second-order valence-electron chi connectivity index (χ2n) is 8.28. The second-order valence-corrected chi connectivity index (χ2v) is 8.28. The van der Waals surface area contributed by atoms with E-state index >= 15 is 0 Å². The molecule has 0 aliphatic carbocycles. The fraction of sp³-hybridized carbons (Fsp3) is 0.476. The first kappa shape index (κ1) is 19.1. The van der Waals surface area contributed by atoms with E-state index in [0.717, 1.165) is 24.1 Å². The first-order chi connectivity index (χ1) is 12.7. The average Bonchev–Trinajstić information content (AvgIpc) is 3.08. The number of aromatic nitrogens is 2. The van der Waals surface area contributed by atoms with Crippen LogP contribution in [0.4, 0.5) is 0 Å². The lowest BCUT2D eigenvalue weighted by atomic mass is 9.86. The van der Waals surface area contributed by atoms with Crippen LogP contribution in [0.15, 0.2) is 30.3 Å². The molecule has 1 aromatic carbocycles. The molecule has 27 heavy (non-hydrogen) atoms. The molecule has 0 unspecified atom stereocenters. The molecule has 0 atom stereocenters. The summed E-state index contributed by atoms with van der Waals surface area (Å²) in [6.45, 7) is 7.85. The number of nitrogens with one attached hydrogen (secondary N) is 1. The van der Waals surface area contributed by atoms with Crippen LogP contribution >= 0.6 is 0 Å². The number of aromatic amines is 1. The van der Waals surface area contributed by atoms with Gasteiger partial charge in [0.1, 0.15) is 0 Å². The van der Waals surface area contributed by atoms with Gasteiger partial charge >= 0.3 is 5.97 Å². The number of amides is 1. The number of piperidine rings is 1. The number of benzene rings is 1. The standard InChI is InChI=1S/C21H27N3O3/c1-21(2,3)16-6-4-15(5-7-16)20(27)24-10-8-14(9-11-24)18-12-17(22-23-18)13-19(25)26/h4-7,12,14H,8-11,13H2,1-3H3,(H,22,23)(H,25,26). The third-order valence-electron chi connectivity index (χ3n) is 5.19. The smallest absolute Gasteiger partial charge is 0.309 e. The van der Waals surface area contributed by atoms with Crippen molar-refractivity contribution >= 4 is 11.9 Å². The van der Waals surface area contributed by atoms with Gasteiger partial charge in [0.25, 0.3) is 5.91 Å². The van der Waals surface area contributed by atoms with E-state index in [2.05, 4.69) is 31.0 Å². The van der Waals surface area contributed by atoms with E-state index in [4.69, 9.17) is 5.11 Å². The van der Waals surface area contributed by atoms with Crippen LogP contribution in [0.5, 0.6) is 0 Å². The summed E-state index contributed by atoms with van der Waals surface area (Å²) in [6.07, 6.45) is 1.63. The predicted molar refractivity (Wildman–Crippen MR) is 103 cm³/mol. The van der Waals surface area contributed by atoms with Crippen LogP contribution in [-0.2, 0) is 16.6 Å². The fourth-order valence-electron chi connectivity index (χ4n) is 3.52. The molecule has 0 bridgehead atoms. The summed E-state index contributed by atoms with van der Waals surface area (Å²) in [6, 6.07) is 9.74. The number of likely N-dealkylation sites (tertiary alicyclic amines) is 1. The Labute approximate surface area is 159 Å². The summed E-state index contributed by atoms with van der Waals surface area (Å²) in [5, 5.41) is 15.9. The highest BCUT2D eigenvalue weighted by atomic mass is 16.4. The molecule has 1 aromatic heterocycles. The van der Waals surface area contributed by atoms with Gasteiger partial charge in [0.2, 0.25) is 0 Å². The number of hydrogen-bond donors (Lipinski definition) is 2. The van der Waals surface area contributed by atoms with Crippen molar-refractivity contribution in [3.63, 3.8) is 0 Å². The van der Waals surface area contributed by atoms with Crippen LogP contribution in [0.3, 0.4) is 0 Å². The summed E-state index contributed by atoms with van der Waals surface area (Å²) in [5.74, 6) is -0.540. The number of rotatable bonds is 4. The second kappa shape index (κ2) is 7.55. The minimum atomic E-state index is -0.872. The number of aliphatic carboxylic acids is 1. The molecule has 1 saturated heterocycles. The predicted octanol–water partition coefficient (Wildman–Crippen LogP) is 3.35. The molecule has 6 heteroatoms. The minimum absolute atomic E-state index is 0.0467. The summed E-state index contributed by atoms with van der Waals surface area (Å²) in [5.41, 5.74) is 3.53. The van der Waals surface area contributed by atoms with Gasteiger partial charge in [-0.25, -0.2) is 0 Å². The van der Waals surface area contributed by atoms with Crippen LogP contribution in [-0.4, -0.2) is 45.2 Å². The summed E-state index contributed by atoms with van der Waals surface area (Å²) >= 11 is 0. The fourth-order valence-corrected chi connectivity index (χ4v) is 3.52. The highest BCUT2D eigenvalue weighted by Crippen LogP contribution is 2.28. The molecule has 2 aromatic rings. The first-order valence-corrected chi connectivity index (χ1v) is 9.40. The molecule has 1 aliphatic rings. The SMILES string of the molecule is CC(C)(C)c1ccc(C(=O)N2CCC(c3cc(CC(=O)O)[nH]n3)CC2)cc1. The number of carbonyl (C=O) groups is 2. The third-order valence-corrected chi connectivity index (χ3v) is 5.19. The normalized spacial score (nSPS) is 15.7. The largest absolute Gasteiger partial charge is 0.481 e. The number of carboxylic acid groups (broad SMARTS) is 1. The maximum absolute atomic E-state index is 12.8. The minimum Gasteiger partial charge on any atom is -0.481 e. The van der Waals surface area contributed by atoms with E-state index in [-0.39, 0.29) is 23.7 Å². The number of carboxylic acids is 1. The average molecular weight is 369 g/mol. The quantitative estimate of drug-likeness (QED) is 0.865. The highest BCUT2D eigenvalue weighted by molar-refractivity contribution is 5.94. The Kier molecular flexibility index (Phi) is 5.35. The van der Waals surface area contributed by atoms with Gasteiger partial charge in [0.05, 0.1) is 12.1 Å². The van der Waals surface area contributed by atoms with E-state index in [1.807, 2.05) is 35.2 Å². The first-order valence-electron chi connectivity index (χ1n) is 9.40. The van der Waals surface area contributed by atoms with Gasteiger partial charge in [0, 0.05) is 30.3 Å². The Balaban J connectivity index is 1.59. The Morgan fingerprint density at radius 1 is 1.19 bits per heavy atom. The van der Waals surface area contributed by atoms with Crippen molar-refractivity contribution in [3.05, 3.63) is 52.8 Å². The monoisotopic (exact) mass is 369 g/mol. The van der Waals surface area contributed by atoms with Crippen LogP contribution in [0.1, 0.15) is 66.8 Å². The molecule has 0 spiro atoms. The zero-order chi connectivity index (χ0) is 19.6. The summed E-state index contributed by atoms with van der Waals surface area (Å²) in [7, 11) is 0. The number of carbonyl (C=O) groups excluding carboxylic acids is 1. The Morgan fingerprint density at radius 3 is 2.37 bits per heavy atom. The molecule has 3 rings (SSSR count). The van der Waals surface area contributed by atoms with E-state index in [0.29, 0.717) is 18.8 Å². The third kappa shape index (κ3) is 4.56. The van der Waals surface area contributed by atoms with Gasteiger partial charge < -0.3 is 10.0 Å². The molecule has 2 N–H and O–H groups in total. The van der Waals surface area contributed by atoms with Crippen molar-refractivity contribution in [1.82, 2.24) is 15.1 Å². The van der Waals surface area contributed by atoms with E-state index < -0.39 is 5.97 Å². The molecule has 1 aliphatic heterocycles. The molecule has 6 nitrogen and oxygen atoms in total. The highest BCUT2D eigenvalue weighted by Gasteiger charge is 2.26. The van der Waals surface area contributed by atoms with Crippen molar-refractivity contribution in [2.75, 3.05) is 13.1 Å². The molecule has 0 saturated carbocycles. The summed E-state index contributed by atoms with van der Waals surface area (Å²) in [4.78, 5) is 25.5. The zero-order valence-corrected chi connectivity index (χ0v) is 16.2. The van der Waals surface area contributed by atoms with E-state index in [1.54, 1.807) is 0 Å². The van der Waals surface area contributed by atoms with Gasteiger partial charge in [-0.15, -0.1) is 0 Å². The maximum atomic E-state index is 12.8. The molecule has 1 amide bonds. The van der Waals surface area contributed by atoms with E-state index in [9.17, 15) is 9.59 Å².